The first kappa shape index (κ1) is 5.68. The van der Waals surface area contributed by atoms with Crippen LogP contribution < -0.4 is 5.73 Å². The number of nitrogen functional groups attached to an aromatic ring is 1. The highest BCUT2D eigenvalue weighted by molar-refractivity contribution is 5.80. The van der Waals surface area contributed by atoms with Crippen molar-refractivity contribution < 1.29 is 0 Å². The van der Waals surface area contributed by atoms with Gasteiger partial charge in [-0.3, -0.25) is 0 Å². The van der Waals surface area contributed by atoms with E-state index < -0.39 is 0 Å². The number of hydrogen-bond acceptors (Lipinski definition) is 4. The van der Waals surface area contributed by atoms with Gasteiger partial charge >= 0.3 is 0 Å². The third-order valence-electron chi connectivity index (χ3n) is 0.893. The maximum atomic E-state index is 6.78. The highest BCUT2D eigenvalue weighted by Crippen LogP contribution is 1.96. The number of rotatable bonds is 1. The van der Waals surface area contributed by atoms with Gasteiger partial charge in [-0.05, 0) is 0 Å². The number of nitrogens with zero attached hydrogens (tertiary/aromatic N) is 2. The van der Waals surface area contributed by atoms with Gasteiger partial charge in [0, 0.05) is 18.6 Å². The zero-order valence-electron chi connectivity index (χ0n) is 4.70. The van der Waals surface area contributed by atoms with Crippen LogP contribution in [0, 0.1) is 5.41 Å². The van der Waals surface area contributed by atoms with Crippen molar-refractivity contribution in [1.82, 2.24) is 9.97 Å². The predicted octanol–water partition coefficient (Wildman–Crippen LogP) is 0.0565. The first-order valence-electron chi connectivity index (χ1n) is 2.41. The Balaban J connectivity index is 3.15. The molecule has 0 unspecified atom stereocenters. The van der Waals surface area contributed by atoms with E-state index in [0.717, 1.165) is 6.21 Å². The van der Waals surface area contributed by atoms with Crippen LogP contribution in [0.1, 0.15) is 5.69 Å². The highest BCUT2D eigenvalue weighted by atomic mass is 14.9. The summed E-state index contributed by atoms with van der Waals surface area (Å²) in [5, 5.41) is 6.78. The van der Waals surface area contributed by atoms with Crippen molar-refractivity contribution in [2.75, 3.05) is 5.73 Å². The fourth-order valence-electron chi connectivity index (χ4n) is 0.471. The predicted molar refractivity (Wildman–Crippen MR) is 34.3 cm³/mol. The minimum Gasteiger partial charge on any atom is -0.382 e. The normalized spacial score (nSPS) is 8.89. The Morgan fingerprint density at radius 3 is 2.56 bits per heavy atom. The van der Waals surface area contributed by atoms with E-state index in [4.69, 9.17) is 11.1 Å². The molecule has 0 aliphatic carbocycles. The molecule has 46 valence electrons. The lowest BCUT2D eigenvalue weighted by molar-refractivity contribution is 1.19. The molecule has 0 fully saturated rings. The maximum Gasteiger partial charge on any atom is 0.150 e. The molecule has 0 radical (unpaired) electrons. The van der Waals surface area contributed by atoms with Crippen LogP contribution in [0.25, 0.3) is 0 Å². The SMILES string of the molecule is N=Cc1nccnc1N. The zero-order chi connectivity index (χ0) is 6.69. The van der Waals surface area contributed by atoms with Crippen molar-refractivity contribution in [2.24, 2.45) is 0 Å². The largest absolute Gasteiger partial charge is 0.382 e. The van der Waals surface area contributed by atoms with Crippen LogP contribution in [0.4, 0.5) is 5.82 Å². The van der Waals surface area contributed by atoms with E-state index in [-0.39, 0.29) is 0 Å². The minimum absolute atomic E-state index is 0.299. The molecule has 0 aliphatic rings. The fraction of sp³-hybridized carbons (Fsp3) is 0. The molecule has 0 spiro atoms. The molecular formula is C5H6N4. The minimum atomic E-state index is 0.299. The lowest BCUT2D eigenvalue weighted by Crippen LogP contribution is -1.97. The third kappa shape index (κ3) is 1.02. The number of hydrogen-bond donors (Lipinski definition) is 2. The summed E-state index contributed by atoms with van der Waals surface area (Å²) in [5.74, 6) is 0.299. The average Bonchev–Trinajstić information content (AvgIpc) is 1.89. The molecule has 0 saturated heterocycles. The van der Waals surface area contributed by atoms with E-state index in [1.54, 1.807) is 0 Å². The summed E-state index contributed by atoms with van der Waals surface area (Å²) in [5.41, 5.74) is 5.72. The van der Waals surface area contributed by atoms with Gasteiger partial charge in [0.15, 0.2) is 5.82 Å². The van der Waals surface area contributed by atoms with Crippen molar-refractivity contribution in [3.8, 4) is 0 Å². The van der Waals surface area contributed by atoms with Crippen LogP contribution in [0.3, 0.4) is 0 Å². The van der Waals surface area contributed by atoms with Crippen molar-refractivity contribution in [1.29, 1.82) is 5.41 Å². The molecule has 0 aromatic carbocycles. The Kier molecular flexibility index (Phi) is 1.40. The Morgan fingerprint density at radius 2 is 2.11 bits per heavy atom. The average molecular weight is 122 g/mol. The van der Waals surface area contributed by atoms with Crippen LogP contribution in [0.5, 0.6) is 0 Å². The first-order chi connectivity index (χ1) is 4.34. The van der Waals surface area contributed by atoms with Crippen LogP contribution >= 0.6 is 0 Å². The Bertz CT molecular complexity index is 220. The molecule has 4 nitrogen and oxygen atoms in total. The van der Waals surface area contributed by atoms with Gasteiger partial charge in [0.25, 0.3) is 0 Å². The fourth-order valence-corrected chi connectivity index (χ4v) is 0.471. The summed E-state index contributed by atoms with van der Waals surface area (Å²) >= 11 is 0. The summed E-state index contributed by atoms with van der Waals surface area (Å²) in [6, 6.07) is 0. The second kappa shape index (κ2) is 2.21. The van der Waals surface area contributed by atoms with E-state index in [1.165, 1.54) is 12.4 Å². The summed E-state index contributed by atoms with van der Waals surface area (Å²) in [6.45, 7) is 0. The van der Waals surface area contributed by atoms with E-state index in [2.05, 4.69) is 9.97 Å². The van der Waals surface area contributed by atoms with Gasteiger partial charge in [-0.25, -0.2) is 9.97 Å². The number of anilines is 1. The standard InChI is InChI=1S/C5H6N4/c6-3-4-5(7)9-2-1-8-4/h1-3,6H,(H2,7,9). The summed E-state index contributed by atoms with van der Waals surface area (Å²) in [6.07, 6.45) is 4.06. The van der Waals surface area contributed by atoms with Gasteiger partial charge in [-0.1, -0.05) is 0 Å². The van der Waals surface area contributed by atoms with Crippen molar-refractivity contribution >= 4 is 12.0 Å². The molecule has 4 heteroatoms. The monoisotopic (exact) mass is 122 g/mol. The maximum absolute atomic E-state index is 6.78. The van der Waals surface area contributed by atoms with Crippen LogP contribution in [-0.4, -0.2) is 16.2 Å². The smallest absolute Gasteiger partial charge is 0.150 e. The molecule has 1 aromatic heterocycles. The topological polar surface area (TPSA) is 75.7 Å². The molecule has 0 aliphatic heterocycles. The van der Waals surface area contributed by atoms with Crippen LogP contribution in [-0.2, 0) is 0 Å². The van der Waals surface area contributed by atoms with E-state index in [1.807, 2.05) is 0 Å². The van der Waals surface area contributed by atoms with Gasteiger partial charge in [0.2, 0.25) is 0 Å². The molecular weight excluding hydrogens is 116 g/mol. The zero-order valence-corrected chi connectivity index (χ0v) is 4.70. The molecule has 0 saturated carbocycles. The number of aromatic nitrogens is 2. The van der Waals surface area contributed by atoms with Crippen LogP contribution in [0.2, 0.25) is 0 Å². The molecule has 3 N–H and O–H groups in total. The quantitative estimate of drug-likeness (QED) is 0.517. The van der Waals surface area contributed by atoms with E-state index in [0.29, 0.717) is 11.5 Å². The van der Waals surface area contributed by atoms with Gasteiger partial charge in [0.1, 0.15) is 5.69 Å². The lowest BCUT2D eigenvalue weighted by atomic mass is 10.4. The second-order valence-electron chi connectivity index (χ2n) is 1.47. The Hall–Kier alpha value is -1.45. The van der Waals surface area contributed by atoms with Crippen molar-refractivity contribution in [3.63, 3.8) is 0 Å². The Labute approximate surface area is 52.3 Å². The summed E-state index contributed by atoms with van der Waals surface area (Å²) in [4.78, 5) is 7.48. The van der Waals surface area contributed by atoms with Gasteiger partial charge in [0.05, 0.1) is 0 Å². The summed E-state index contributed by atoms with van der Waals surface area (Å²) < 4.78 is 0. The molecule has 1 rings (SSSR count). The van der Waals surface area contributed by atoms with Gasteiger partial charge in [-0.2, -0.15) is 0 Å². The molecule has 9 heavy (non-hydrogen) atoms. The van der Waals surface area contributed by atoms with Crippen molar-refractivity contribution in [2.45, 2.75) is 0 Å². The third-order valence-corrected chi connectivity index (χ3v) is 0.893. The number of nitrogens with one attached hydrogen (secondary N) is 1. The molecule has 0 bridgehead atoms. The highest BCUT2D eigenvalue weighted by Gasteiger charge is 1.92. The van der Waals surface area contributed by atoms with Gasteiger partial charge in [-0.15, -0.1) is 0 Å². The number of nitrogens with two attached hydrogens (primary N) is 1. The Morgan fingerprint density at radius 1 is 1.44 bits per heavy atom. The second-order valence-corrected chi connectivity index (χ2v) is 1.47. The van der Waals surface area contributed by atoms with E-state index >= 15 is 0 Å². The molecule has 1 aromatic rings. The van der Waals surface area contributed by atoms with Crippen LogP contribution in [0.15, 0.2) is 12.4 Å². The molecule has 0 atom stereocenters. The van der Waals surface area contributed by atoms with E-state index in [9.17, 15) is 0 Å². The van der Waals surface area contributed by atoms with Gasteiger partial charge < -0.3 is 11.1 Å². The molecule has 0 amide bonds. The lowest BCUT2D eigenvalue weighted by Gasteiger charge is -1.92. The first-order valence-corrected chi connectivity index (χ1v) is 2.41. The molecule has 1 heterocycles. The summed E-state index contributed by atoms with van der Waals surface area (Å²) in [7, 11) is 0. The van der Waals surface area contributed by atoms with Crippen molar-refractivity contribution in [3.05, 3.63) is 18.1 Å².